The minimum Gasteiger partial charge on any atom is -0.469 e. The molecule has 5 nitrogen and oxygen atoms in total. The van der Waals surface area contributed by atoms with Gasteiger partial charge >= 0.3 is 5.97 Å². The van der Waals surface area contributed by atoms with Gasteiger partial charge in [0.05, 0.1) is 13.5 Å². The standard InChI is InChI=1S/C15H26N2O3/c1-11(18)17-9-13(7-15(19)20-2)6-14(10-17)16-8-12-4-3-5-12/h12-14,16H,3-10H2,1-2H3. The van der Waals surface area contributed by atoms with Crippen LogP contribution < -0.4 is 5.32 Å². The zero-order chi connectivity index (χ0) is 14.5. The summed E-state index contributed by atoms with van der Waals surface area (Å²) < 4.78 is 4.75. The summed E-state index contributed by atoms with van der Waals surface area (Å²) in [5.41, 5.74) is 0. The molecule has 1 N–H and O–H groups in total. The molecule has 0 spiro atoms. The SMILES string of the molecule is COC(=O)CC1CC(NCC2CCC2)CN(C(C)=O)C1. The zero-order valence-electron chi connectivity index (χ0n) is 12.6. The van der Waals surface area contributed by atoms with Gasteiger partial charge in [0.1, 0.15) is 0 Å². The number of nitrogens with one attached hydrogen (secondary N) is 1. The van der Waals surface area contributed by atoms with Crippen molar-refractivity contribution in [2.75, 3.05) is 26.7 Å². The highest BCUT2D eigenvalue weighted by atomic mass is 16.5. The summed E-state index contributed by atoms with van der Waals surface area (Å²) in [7, 11) is 1.42. The second-order valence-electron chi connectivity index (χ2n) is 6.21. The Morgan fingerprint density at radius 3 is 2.55 bits per heavy atom. The third-order valence-electron chi connectivity index (χ3n) is 4.59. The molecule has 2 aliphatic rings. The fourth-order valence-corrected chi connectivity index (χ4v) is 3.11. The lowest BCUT2D eigenvalue weighted by molar-refractivity contribution is -0.143. The van der Waals surface area contributed by atoms with Crippen molar-refractivity contribution in [1.29, 1.82) is 0 Å². The van der Waals surface area contributed by atoms with Gasteiger partial charge < -0.3 is 15.0 Å². The van der Waals surface area contributed by atoms with E-state index in [9.17, 15) is 9.59 Å². The Kier molecular flexibility index (Phi) is 5.40. The Labute approximate surface area is 121 Å². The number of piperidine rings is 1. The summed E-state index contributed by atoms with van der Waals surface area (Å²) in [4.78, 5) is 24.9. The third kappa shape index (κ3) is 4.20. The van der Waals surface area contributed by atoms with Crippen LogP contribution in [0, 0.1) is 11.8 Å². The Morgan fingerprint density at radius 2 is 2.00 bits per heavy atom. The molecule has 0 aromatic carbocycles. The Balaban J connectivity index is 1.85. The third-order valence-corrected chi connectivity index (χ3v) is 4.59. The minimum atomic E-state index is -0.182. The highest BCUT2D eigenvalue weighted by molar-refractivity contribution is 5.74. The molecule has 2 unspecified atom stereocenters. The molecular formula is C15H26N2O3. The highest BCUT2D eigenvalue weighted by Gasteiger charge is 2.30. The molecule has 0 aromatic rings. The van der Waals surface area contributed by atoms with Crippen LogP contribution in [-0.4, -0.2) is 49.6 Å². The first-order valence-electron chi connectivity index (χ1n) is 7.64. The maximum Gasteiger partial charge on any atom is 0.305 e. The minimum absolute atomic E-state index is 0.0926. The van der Waals surface area contributed by atoms with E-state index in [1.807, 2.05) is 4.90 Å². The quantitative estimate of drug-likeness (QED) is 0.769. The van der Waals surface area contributed by atoms with E-state index in [4.69, 9.17) is 4.74 Å². The van der Waals surface area contributed by atoms with Gasteiger partial charge in [-0.25, -0.2) is 0 Å². The van der Waals surface area contributed by atoms with Gasteiger partial charge in [-0.2, -0.15) is 0 Å². The first-order chi connectivity index (χ1) is 9.58. The monoisotopic (exact) mass is 282 g/mol. The normalized spacial score (nSPS) is 27.0. The van der Waals surface area contributed by atoms with Crippen LogP contribution in [0.15, 0.2) is 0 Å². The van der Waals surface area contributed by atoms with Crippen molar-refractivity contribution in [2.24, 2.45) is 11.8 Å². The van der Waals surface area contributed by atoms with Crippen molar-refractivity contribution in [3.63, 3.8) is 0 Å². The molecule has 114 valence electrons. The van der Waals surface area contributed by atoms with Crippen LogP contribution in [0.2, 0.25) is 0 Å². The van der Waals surface area contributed by atoms with Gasteiger partial charge in [0, 0.05) is 26.1 Å². The van der Waals surface area contributed by atoms with Gasteiger partial charge in [0.2, 0.25) is 5.91 Å². The van der Waals surface area contributed by atoms with E-state index in [-0.39, 0.29) is 17.8 Å². The molecule has 0 radical (unpaired) electrons. The second-order valence-corrected chi connectivity index (χ2v) is 6.21. The Hall–Kier alpha value is -1.10. The van der Waals surface area contributed by atoms with E-state index >= 15 is 0 Å². The number of esters is 1. The van der Waals surface area contributed by atoms with Gasteiger partial charge in [-0.15, -0.1) is 0 Å². The van der Waals surface area contributed by atoms with E-state index in [1.54, 1.807) is 6.92 Å². The number of ether oxygens (including phenoxy) is 1. The molecule has 1 heterocycles. The smallest absolute Gasteiger partial charge is 0.305 e. The number of likely N-dealkylation sites (tertiary alicyclic amines) is 1. The number of carbonyl (C=O) groups excluding carboxylic acids is 2. The van der Waals surface area contributed by atoms with Crippen LogP contribution >= 0.6 is 0 Å². The van der Waals surface area contributed by atoms with Crippen LogP contribution in [0.5, 0.6) is 0 Å². The molecule has 20 heavy (non-hydrogen) atoms. The summed E-state index contributed by atoms with van der Waals surface area (Å²) in [6.45, 7) is 4.08. The van der Waals surface area contributed by atoms with E-state index < -0.39 is 0 Å². The summed E-state index contributed by atoms with van der Waals surface area (Å²) >= 11 is 0. The average molecular weight is 282 g/mol. The van der Waals surface area contributed by atoms with Crippen molar-refractivity contribution < 1.29 is 14.3 Å². The topological polar surface area (TPSA) is 58.6 Å². The van der Waals surface area contributed by atoms with Crippen molar-refractivity contribution in [3.05, 3.63) is 0 Å². The number of nitrogens with zero attached hydrogens (tertiary/aromatic N) is 1. The predicted octanol–water partition coefficient (Wildman–Crippen LogP) is 1.18. The van der Waals surface area contributed by atoms with Gasteiger partial charge in [-0.05, 0) is 37.6 Å². The molecule has 0 aromatic heterocycles. The summed E-state index contributed by atoms with van der Waals surface area (Å²) in [5, 5.41) is 3.58. The molecule has 1 aliphatic heterocycles. The largest absolute Gasteiger partial charge is 0.469 e. The molecule has 1 amide bonds. The Bertz CT molecular complexity index is 355. The van der Waals surface area contributed by atoms with Crippen LogP contribution in [-0.2, 0) is 14.3 Å². The van der Waals surface area contributed by atoms with Gasteiger partial charge in [0.15, 0.2) is 0 Å². The van der Waals surface area contributed by atoms with E-state index in [1.165, 1.54) is 26.4 Å². The van der Waals surface area contributed by atoms with Crippen molar-refractivity contribution in [1.82, 2.24) is 10.2 Å². The number of carbonyl (C=O) groups is 2. The van der Waals surface area contributed by atoms with Crippen molar-refractivity contribution >= 4 is 11.9 Å². The zero-order valence-corrected chi connectivity index (χ0v) is 12.6. The number of rotatable bonds is 5. The Morgan fingerprint density at radius 1 is 1.25 bits per heavy atom. The summed E-state index contributed by atoms with van der Waals surface area (Å²) in [6, 6.07) is 0.308. The molecule has 1 saturated heterocycles. The summed E-state index contributed by atoms with van der Waals surface area (Å²) in [5.74, 6) is 0.925. The maximum atomic E-state index is 11.6. The average Bonchev–Trinajstić information content (AvgIpc) is 2.36. The molecule has 2 atom stereocenters. The summed E-state index contributed by atoms with van der Waals surface area (Å²) in [6.07, 6.45) is 5.35. The number of hydrogen-bond acceptors (Lipinski definition) is 4. The lowest BCUT2D eigenvalue weighted by atomic mass is 9.84. The molecule has 5 heteroatoms. The van der Waals surface area contributed by atoms with E-state index in [0.29, 0.717) is 19.0 Å². The molecule has 2 rings (SSSR count). The molecule has 1 aliphatic carbocycles. The van der Waals surface area contributed by atoms with Crippen LogP contribution in [0.1, 0.15) is 39.0 Å². The maximum absolute atomic E-state index is 11.6. The van der Waals surface area contributed by atoms with E-state index in [2.05, 4.69) is 5.32 Å². The van der Waals surface area contributed by atoms with Crippen LogP contribution in [0.25, 0.3) is 0 Å². The number of methoxy groups -OCH3 is 1. The van der Waals surface area contributed by atoms with E-state index in [0.717, 1.165) is 25.4 Å². The lowest BCUT2D eigenvalue weighted by Crippen LogP contribution is -2.52. The fraction of sp³-hybridized carbons (Fsp3) is 0.867. The van der Waals surface area contributed by atoms with Crippen molar-refractivity contribution in [3.8, 4) is 0 Å². The predicted molar refractivity (Wildman–Crippen MR) is 76.1 cm³/mol. The van der Waals surface area contributed by atoms with Crippen molar-refractivity contribution in [2.45, 2.75) is 45.1 Å². The molecule has 2 fully saturated rings. The number of amides is 1. The van der Waals surface area contributed by atoms with Crippen LogP contribution in [0.3, 0.4) is 0 Å². The number of hydrogen-bond donors (Lipinski definition) is 1. The van der Waals surface area contributed by atoms with Crippen LogP contribution in [0.4, 0.5) is 0 Å². The molecular weight excluding hydrogens is 256 g/mol. The first-order valence-corrected chi connectivity index (χ1v) is 7.64. The van der Waals surface area contributed by atoms with Gasteiger partial charge in [-0.3, -0.25) is 9.59 Å². The molecule has 1 saturated carbocycles. The molecule has 0 bridgehead atoms. The lowest BCUT2D eigenvalue weighted by Gasteiger charge is -2.38. The fourth-order valence-electron chi connectivity index (χ4n) is 3.11. The second kappa shape index (κ2) is 7.07. The first kappa shape index (κ1) is 15.3. The van der Waals surface area contributed by atoms with Gasteiger partial charge in [-0.1, -0.05) is 6.42 Å². The highest BCUT2D eigenvalue weighted by Crippen LogP contribution is 2.26. The van der Waals surface area contributed by atoms with Gasteiger partial charge in [0.25, 0.3) is 0 Å².